The molecule has 0 bridgehead atoms. The van der Waals surface area contributed by atoms with Crippen molar-refractivity contribution in [2.45, 2.75) is 70.7 Å². The summed E-state index contributed by atoms with van der Waals surface area (Å²) in [6.45, 7) is 10.1. The van der Waals surface area contributed by atoms with Crippen LogP contribution < -0.4 is 10.4 Å². The number of likely N-dealkylation sites (tertiary alicyclic amines) is 1. The fraction of sp³-hybridized carbons (Fsp3) is 0.387. The molecule has 190 valence electrons. The van der Waals surface area contributed by atoms with Gasteiger partial charge in [0.25, 0.3) is 8.32 Å². The lowest BCUT2D eigenvalue weighted by Crippen LogP contribution is -2.67. The van der Waals surface area contributed by atoms with Crippen LogP contribution in [0.5, 0.6) is 0 Å². The predicted molar refractivity (Wildman–Crippen MR) is 149 cm³/mol. The molecule has 0 aromatic heterocycles. The molecule has 0 saturated carbocycles. The summed E-state index contributed by atoms with van der Waals surface area (Å²) in [5.41, 5.74) is 1.00. The highest BCUT2D eigenvalue weighted by Gasteiger charge is 2.51. The van der Waals surface area contributed by atoms with Crippen LogP contribution >= 0.6 is 0 Å². The Balaban J connectivity index is 1.53. The van der Waals surface area contributed by atoms with Gasteiger partial charge in [0.2, 0.25) is 0 Å². The predicted octanol–water partition coefficient (Wildman–Crippen LogP) is 6.14. The van der Waals surface area contributed by atoms with Gasteiger partial charge >= 0.3 is 6.09 Å². The fourth-order valence-corrected chi connectivity index (χ4v) is 10.3. The van der Waals surface area contributed by atoms with Gasteiger partial charge in [-0.1, -0.05) is 112 Å². The summed E-state index contributed by atoms with van der Waals surface area (Å²) in [7, 11) is -2.63. The Morgan fingerprint density at radius 1 is 0.917 bits per heavy atom. The molecule has 0 spiro atoms. The quantitative estimate of drug-likeness (QED) is 0.348. The van der Waals surface area contributed by atoms with Crippen LogP contribution in [0.25, 0.3) is 0 Å². The highest BCUT2D eigenvalue weighted by Crippen LogP contribution is 2.38. The molecule has 0 aliphatic carbocycles. The number of carbonyl (C=O) groups excluding carboxylic acids is 1. The van der Waals surface area contributed by atoms with Gasteiger partial charge in [-0.15, -0.1) is 0 Å². The Labute approximate surface area is 217 Å². The minimum Gasteiger partial charge on any atom is -0.445 e. The Morgan fingerprint density at radius 3 is 1.97 bits per heavy atom. The average Bonchev–Trinajstić information content (AvgIpc) is 3.35. The number of amides is 1. The summed E-state index contributed by atoms with van der Waals surface area (Å²) in [6.07, 6.45) is 2.54. The molecule has 3 aromatic rings. The Morgan fingerprint density at radius 2 is 1.44 bits per heavy atom. The number of benzene rings is 3. The van der Waals surface area contributed by atoms with Crippen molar-refractivity contribution < 1.29 is 14.0 Å². The van der Waals surface area contributed by atoms with Gasteiger partial charge in [-0.25, -0.2) is 4.79 Å². The SMILES string of the molecule is C[C@@H](C[C@H]1CCCN1C(=O)OCc1ccccc1)O[Si](c1ccccc1)(c1ccccc1)C(C)(C)C. The standard InChI is InChI=1S/C31H39NO3Si/c1-25(23-27-17-14-22-32(27)30(33)34-24-26-15-8-5-9-16-26)35-36(31(2,3)4,28-18-10-6-11-19-28)29-20-12-7-13-21-29/h5-13,15-16,18-21,25,27H,14,17,22-24H2,1-4H3/t25-,27+/m0/s1. The van der Waals surface area contributed by atoms with Crippen molar-refractivity contribution in [3.05, 3.63) is 96.6 Å². The van der Waals surface area contributed by atoms with Crippen molar-refractivity contribution in [3.63, 3.8) is 0 Å². The van der Waals surface area contributed by atoms with Crippen molar-refractivity contribution in [3.8, 4) is 0 Å². The average molecular weight is 502 g/mol. The van der Waals surface area contributed by atoms with Gasteiger partial charge in [0.1, 0.15) is 6.61 Å². The van der Waals surface area contributed by atoms with Gasteiger partial charge in [0.15, 0.2) is 0 Å². The fourth-order valence-electron chi connectivity index (χ4n) is 5.55. The van der Waals surface area contributed by atoms with Crippen LogP contribution in [-0.2, 0) is 15.8 Å². The second-order valence-electron chi connectivity index (χ2n) is 10.9. The molecule has 0 N–H and O–H groups in total. The summed E-state index contributed by atoms with van der Waals surface area (Å²) < 4.78 is 12.9. The molecule has 1 heterocycles. The summed E-state index contributed by atoms with van der Waals surface area (Å²) in [5.74, 6) is 0. The topological polar surface area (TPSA) is 38.8 Å². The first-order valence-electron chi connectivity index (χ1n) is 13.1. The zero-order valence-corrected chi connectivity index (χ0v) is 23.0. The van der Waals surface area contributed by atoms with Crippen LogP contribution in [0.2, 0.25) is 5.04 Å². The third-order valence-corrected chi connectivity index (χ3v) is 12.4. The number of rotatable bonds is 8. The lowest BCUT2D eigenvalue weighted by molar-refractivity contribution is 0.0813. The molecule has 1 fully saturated rings. The van der Waals surface area contributed by atoms with E-state index in [0.29, 0.717) is 6.61 Å². The Hall–Kier alpha value is -2.89. The van der Waals surface area contributed by atoms with Gasteiger partial charge in [-0.3, -0.25) is 0 Å². The lowest BCUT2D eigenvalue weighted by Gasteiger charge is -2.45. The molecule has 4 rings (SSSR count). The zero-order chi connectivity index (χ0) is 25.6. The second kappa shape index (κ2) is 11.4. The molecule has 1 aliphatic rings. The highest BCUT2D eigenvalue weighted by molar-refractivity contribution is 6.99. The third kappa shape index (κ3) is 5.74. The van der Waals surface area contributed by atoms with Gasteiger partial charge in [0, 0.05) is 18.7 Å². The molecule has 5 heteroatoms. The summed E-state index contributed by atoms with van der Waals surface area (Å²) in [4.78, 5) is 14.9. The minimum absolute atomic E-state index is 0.0103. The molecular formula is C31H39NO3Si. The molecule has 1 aliphatic heterocycles. The number of hydrogen-bond acceptors (Lipinski definition) is 3. The van der Waals surface area contributed by atoms with E-state index >= 15 is 0 Å². The molecule has 1 amide bonds. The first kappa shape index (κ1) is 26.2. The van der Waals surface area contributed by atoms with Crippen LogP contribution in [0.4, 0.5) is 4.79 Å². The number of hydrogen-bond donors (Lipinski definition) is 0. The van der Waals surface area contributed by atoms with Crippen LogP contribution in [-0.4, -0.2) is 38.0 Å². The van der Waals surface area contributed by atoms with Gasteiger partial charge < -0.3 is 14.1 Å². The van der Waals surface area contributed by atoms with E-state index in [1.54, 1.807) is 0 Å². The molecule has 3 aromatic carbocycles. The molecule has 1 saturated heterocycles. The molecule has 2 atom stereocenters. The van der Waals surface area contributed by atoms with Crippen molar-refractivity contribution in [1.29, 1.82) is 0 Å². The van der Waals surface area contributed by atoms with E-state index in [-0.39, 0.29) is 23.3 Å². The lowest BCUT2D eigenvalue weighted by atomic mass is 10.1. The van der Waals surface area contributed by atoms with Gasteiger partial charge in [-0.2, -0.15) is 0 Å². The molecule has 36 heavy (non-hydrogen) atoms. The van der Waals surface area contributed by atoms with Crippen molar-refractivity contribution in [1.82, 2.24) is 4.90 Å². The maximum atomic E-state index is 13.0. The first-order valence-corrected chi connectivity index (χ1v) is 15.0. The van der Waals surface area contributed by atoms with E-state index in [0.717, 1.165) is 31.4 Å². The highest BCUT2D eigenvalue weighted by atomic mass is 28.4. The van der Waals surface area contributed by atoms with E-state index in [2.05, 4.69) is 88.4 Å². The van der Waals surface area contributed by atoms with Crippen LogP contribution in [0.15, 0.2) is 91.0 Å². The smallest absolute Gasteiger partial charge is 0.410 e. The summed E-state index contributed by atoms with van der Waals surface area (Å²) in [5, 5.41) is 2.48. The maximum absolute atomic E-state index is 13.0. The normalized spacial score (nSPS) is 17.1. The van der Waals surface area contributed by atoms with Crippen molar-refractivity contribution in [2.24, 2.45) is 0 Å². The maximum Gasteiger partial charge on any atom is 0.410 e. The van der Waals surface area contributed by atoms with Gasteiger partial charge in [0.05, 0.1) is 0 Å². The molecule has 4 nitrogen and oxygen atoms in total. The molecule has 0 unspecified atom stereocenters. The number of nitrogens with zero attached hydrogens (tertiary/aromatic N) is 1. The van der Waals surface area contributed by atoms with Crippen LogP contribution in [0.1, 0.15) is 52.5 Å². The minimum atomic E-state index is -2.63. The number of carbonyl (C=O) groups is 1. The number of ether oxygens (including phenoxy) is 1. The summed E-state index contributed by atoms with van der Waals surface area (Å²) in [6, 6.07) is 31.5. The van der Waals surface area contributed by atoms with Gasteiger partial charge in [-0.05, 0) is 47.2 Å². The third-order valence-electron chi connectivity index (χ3n) is 7.22. The van der Waals surface area contributed by atoms with E-state index in [1.165, 1.54) is 10.4 Å². The monoisotopic (exact) mass is 501 g/mol. The largest absolute Gasteiger partial charge is 0.445 e. The van der Waals surface area contributed by atoms with E-state index in [9.17, 15) is 4.79 Å². The van der Waals surface area contributed by atoms with E-state index < -0.39 is 8.32 Å². The van der Waals surface area contributed by atoms with Crippen molar-refractivity contribution in [2.75, 3.05) is 6.54 Å². The van der Waals surface area contributed by atoms with Crippen LogP contribution in [0, 0.1) is 0 Å². The zero-order valence-electron chi connectivity index (χ0n) is 22.0. The van der Waals surface area contributed by atoms with Crippen molar-refractivity contribution >= 4 is 24.8 Å². The molecule has 0 radical (unpaired) electrons. The molecular weight excluding hydrogens is 462 g/mol. The first-order chi connectivity index (χ1) is 17.3. The summed E-state index contributed by atoms with van der Waals surface area (Å²) >= 11 is 0. The Bertz CT molecular complexity index is 1060. The van der Waals surface area contributed by atoms with Crippen LogP contribution in [0.3, 0.4) is 0 Å². The second-order valence-corrected chi connectivity index (χ2v) is 15.1. The van der Waals surface area contributed by atoms with E-state index in [1.807, 2.05) is 35.2 Å². The van der Waals surface area contributed by atoms with E-state index in [4.69, 9.17) is 9.16 Å². The Kier molecular flexibility index (Phi) is 8.32.